The van der Waals surface area contributed by atoms with E-state index in [1.54, 1.807) is 14.2 Å². The second-order valence-corrected chi connectivity index (χ2v) is 9.55. The van der Waals surface area contributed by atoms with Crippen LogP contribution in [0.25, 0.3) is 21.8 Å². The van der Waals surface area contributed by atoms with Gasteiger partial charge in [-0.1, -0.05) is 12.8 Å². The number of benzene rings is 2. The van der Waals surface area contributed by atoms with E-state index >= 15 is 0 Å². The van der Waals surface area contributed by atoms with Crippen LogP contribution in [0.1, 0.15) is 37.1 Å². The van der Waals surface area contributed by atoms with Crippen LogP contribution in [-0.4, -0.2) is 27.3 Å². The lowest BCUT2D eigenvalue weighted by Crippen LogP contribution is -2.33. The average Bonchev–Trinajstić information content (AvgIpc) is 2.90. The van der Waals surface area contributed by atoms with Crippen LogP contribution in [-0.2, 0) is 14.1 Å². The first-order valence-corrected chi connectivity index (χ1v) is 12.9. The topological polar surface area (TPSA) is 50.3 Å². The molecule has 0 fully saturated rings. The van der Waals surface area contributed by atoms with Crippen molar-refractivity contribution in [2.75, 3.05) is 37.9 Å². The summed E-state index contributed by atoms with van der Waals surface area (Å²) in [5, 5.41) is 9.73. The Kier molecular flexibility index (Phi) is 8.14. The molecule has 0 aliphatic heterocycles. The molecule has 0 amide bonds. The van der Waals surface area contributed by atoms with Gasteiger partial charge in [0, 0.05) is 51.2 Å². The predicted octanol–water partition coefficient (Wildman–Crippen LogP) is 5.36. The molecule has 6 nitrogen and oxygen atoms in total. The van der Waals surface area contributed by atoms with Crippen LogP contribution in [0.5, 0.6) is 11.5 Å². The summed E-state index contributed by atoms with van der Waals surface area (Å²) >= 11 is 0. The van der Waals surface area contributed by atoms with E-state index in [4.69, 9.17) is 9.47 Å². The zero-order chi connectivity index (χ0) is 25.7. The molecule has 0 aliphatic carbocycles. The maximum absolute atomic E-state index is 5.46. The molecule has 2 N–H and O–H groups in total. The molecule has 4 rings (SSSR count). The van der Waals surface area contributed by atoms with Gasteiger partial charge >= 0.3 is 0 Å². The van der Waals surface area contributed by atoms with Crippen molar-refractivity contribution in [2.24, 2.45) is 14.1 Å². The van der Waals surface area contributed by atoms with Gasteiger partial charge in [0.25, 0.3) is 0 Å². The predicted molar refractivity (Wildman–Crippen MR) is 148 cm³/mol. The van der Waals surface area contributed by atoms with Gasteiger partial charge in [-0.05, 0) is 37.1 Å². The van der Waals surface area contributed by atoms with Crippen molar-refractivity contribution in [3.63, 3.8) is 0 Å². The van der Waals surface area contributed by atoms with Crippen molar-refractivity contribution < 1.29 is 18.6 Å². The third kappa shape index (κ3) is 5.48. The normalized spacial score (nSPS) is 11.2. The number of aromatic nitrogens is 2. The molecule has 0 spiro atoms. The minimum atomic E-state index is 0.885. The number of nitrogens with zero attached hydrogens (tertiary/aromatic N) is 2. The number of methoxy groups -OCH3 is 2. The highest BCUT2D eigenvalue weighted by Gasteiger charge is 2.15. The molecule has 0 saturated carbocycles. The Morgan fingerprint density at radius 3 is 1.42 bits per heavy atom. The number of nitrogens with one attached hydrogen (secondary N) is 2. The smallest absolute Gasteiger partial charge is 0.214 e. The van der Waals surface area contributed by atoms with Crippen LogP contribution in [0.15, 0.2) is 48.5 Å². The molecule has 36 heavy (non-hydrogen) atoms. The summed E-state index contributed by atoms with van der Waals surface area (Å²) in [5.41, 5.74) is 7.23. The van der Waals surface area contributed by atoms with E-state index in [0.717, 1.165) is 37.4 Å². The van der Waals surface area contributed by atoms with Gasteiger partial charge in [-0.25, -0.2) is 0 Å². The number of rotatable bonds is 11. The molecular weight excluding hydrogens is 448 g/mol. The number of hydrogen-bond donors (Lipinski definition) is 2. The first kappa shape index (κ1) is 25.5. The molecular formula is C30H40N4O2+2. The molecule has 2 heterocycles. The third-order valence-electron chi connectivity index (χ3n) is 7.21. The molecule has 0 saturated heterocycles. The molecule has 190 valence electrons. The second-order valence-electron chi connectivity index (χ2n) is 9.55. The quantitative estimate of drug-likeness (QED) is 0.220. The van der Waals surface area contributed by atoms with Crippen LogP contribution in [0, 0.1) is 13.8 Å². The van der Waals surface area contributed by atoms with Crippen LogP contribution in [0.2, 0.25) is 0 Å². The first-order chi connectivity index (χ1) is 17.4. The summed E-state index contributed by atoms with van der Waals surface area (Å²) in [4.78, 5) is 0. The Morgan fingerprint density at radius 1 is 0.611 bits per heavy atom. The zero-order valence-corrected chi connectivity index (χ0v) is 22.6. The SMILES string of the molecule is COc1ccc2c(c1)c(NCCCCCCNc1cc(C)[n+](C)c3ccc(OC)cc13)cc(C)[n+]2C. The summed E-state index contributed by atoms with van der Waals surface area (Å²) in [6, 6.07) is 17.0. The van der Waals surface area contributed by atoms with Crippen LogP contribution < -0.4 is 29.2 Å². The fourth-order valence-corrected chi connectivity index (χ4v) is 4.79. The summed E-state index contributed by atoms with van der Waals surface area (Å²) in [7, 11) is 7.65. The lowest BCUT2D eigenvalue weighted by atomic mass is 10.1. The fraction of sp³-hybridized carbons (Fsp3) is 0.400. The van der Waals surface area contributed by atoms with Crippen molar-refractivity contribution in [1.29, 1.82) is 0 Å². The number of pyridine rings is 2. The summed E-state index contributed by atoms with van der Waals surface area (Å²) in [5.74, 6) is 1.77. The highest BCUT2D eigenvalue weighted by molar-refractivity contribution is 5.91. The maximum Gasteiger partial charge on any atom is 0.214 e. The Labute approximate surface area is 214 Å². The van der Waals surface area contributed by atoms with E-state index in [1.165, 1.54) is 57.4 Å². The Hall–Kier alpha value is -3.54. The van der Waals surface area contributed by atoms with Gasteiger partial charge in [0.05, 0.1) is 36.4 Å². The van der Waals surface area contributed by atoms with E-state index < -0.39 is 0 Å². The minimum absolute atomic E-state index is 0.885. The molecule has 0 bridgehead atoms. The molecule has 0 atom stereocenters. The van der Waals surface area contributed by atoms with Crippen LogP contribution in [0.4, 0.5) is 11.4 Å². The van der Waals surface area contributed by atoms with Crippen molar-refractivity contribution in [3.8, 4) is 11.5 Å². The highest BCUT2D eigenvalue weighted by Crippen LogP contribution is 2.27. The van der Waals surface area contributed by atoms with E-state index in [2.05, 4.69) is 84.1 Å². The number of aryl methyl sites for hydroxylation is 4. The standard InChI is InChI=1S/C30H38N4O2/c1-21-17-27(25-19-23(35-5)11-13-29(25)33(21)3)31-15-9-7-8-10-16-32-28-18-22(2)34(4)30-14-12-24(36-6)20-26(28)30/h11-14,17-20H,7-10,15-16H2,1-6H3/p+2. The van der Waals surface area contributed by atoms with Gasteiger partial charge in [-0.2, -0.15) is 9.13 Å². The van der Waals surface area contributed by atoms with E-state index in [0.29, 0.717) is 0 Å². The van der Waals surface area contributed by atoms with Gasteiger partial charge in [-0.3, -0.25) is 0 Å². The molecule has 6 heteroatoms. The van der Waals surface area contributed by atoms with Crippen LogP contribution in [0.3, 0.4) is 0 Å². The van der Waals surface area contributed by atoms with E-state index in [1.807, 2.05) is 12.1 Å². The number of anilines is 2. The lowest BCUT2D eigenvalue weighted by Gasteiger charge is -2.12. The van der Waals surface area contributed by atoms with Gasteiger partial charge in [0.15, 0.2) is 11.4 Å². The fourth-order valence-electron chi connectivity index (χ4n) is 4.79. The number of ether oxygens (including phenoxy) is 2. The largest absolute Gasteiger partial charge is 0.497 e. The van der Waals surface area contributed by atoms with E-state index in [-0.39, 0.29) is 0 Å². The number of unbranched alkanes of at least 4 members (excludes halogenated alkanes) is 3. The third-order valence-corrected chi connectivity index (χ3v) is 7.21. The zero-order valence-electron chi connectivity index (χ0n) is 22.6. The van der Waals surface area contributed by atoms with Gasteiger partial charge in [0.1, 0.15) is 25.6 Å². The summed E-state index contributed by atoms with van der Waals surface area (Å²) < 4.78 is 15.4. The minimum Gasteiger partial charge on any atom is -0.497 e. The van der Waals surface area contributed by atoms with Gasteiger partial charge in [0.2, 0.25) is 11.0 Å². The van der Waals surface area contributed by atoms with Gasteiger partial charge < -0.3 is 20.1 Å². The Bertz CT molecular complexity index is 1260. The summed E-state index contributed by atoms with van der Waals surface area (Å²) in [6.07, 6.45) is 4.69. The molecule has 2 aromatic carbocycles. The van der Waals surface area contributed by atoms with Crippen molar-refractivity contribution in [3.05, 3.63) is 59.9 Å². The van der Waals surface area contributed by atoms with E-state index in [9.17, 15) is 0 Å². The molecule has 0 unspecified atom stereocenters. The van der Waals surface area contributed by atoms with Crippen molar-refractivity contribution >= 4 is 33.2 Å². The molecule has 4 aromatic rings. The average molecular weight is 489 g/mol. The van der Waals surface area contributed by atoms with Crippen LogP contribution >= 0.6 is 0 Å². The van der Waals surface area contributed by atoms with Crippen molar-refractivity contribution in [2.45, 2.75) is 39.5 Å². The molecule has 2 aromatic heterocycles. The van der Waals surface area contributed by atoms with Gasteiger partial charge in [-0.15, -0.1) is 0 Å². The maximum atomic E-state index is 5.46. The highest BCUT2D eigenvalue weighted by atomic mass is 16.5. The monoisotopic (exact) mass is 488 g/mol. The Balaban J connectivity index is 1.28. The molecule has 0 aliphatic rings. The number of fused-ring (bicyclic) bond motifs is 2. The summed E-state index contributed by atoms with van der Waals surface area (Å²) in [6.45, 7) is 6.22. The molecule has 0 radical (unpaired) electrons. The van der Waals surface area contributed by atoms with Crippen molar-refractivity contribution in [1.82, 2.24) is 0 Å². The lowest BCUT2D eigenvalue weighted by molar-refractivity contribution is -0.651. The first-order valence-electron chi connectivity index (χ1n) is 12.9. The second kappa shape index (κ2) is 11.5. The Morgan fingerprint density at radius 2 is 1.03 bits per heavy atom. The number of hydrogen-bond acceptors (Lipinski definition) is 4.